The predicted molar refractivity (Wildman–Crippen MR) is 92.9 cm³/mol. The first-order valence-corrected chi connectivity index (χ1v) is 8.66. The third-order valence-corrected chi connectivity index (χ3v) is 4.83. The summed E-state index contributed by atoms with van der Waals surface area (Å²) in [7, 11) is 1.94. The molecule has 0 N–H and O–H groups in total. The van der Waals surface area contributed by atoms with Gasteiger partial charge in [0.2, 0.25) is 0 Å². The van der Waals surface area contributed by atoms with Gasteiger partial charge in [0.15, 0.2) is 10.9 Å². The highest BCUT2D eigenvalue weighted by molar-refractivity contribution is 7.99. The van der Waals surface area contributed by atoms with Crippen LogP contribution in [0.5, 0.6) is 0 Å². The van der Waals surface area contributed by atoms with Crippen LogP contribution in [0.4, 0.5) is 0 Å². The first-order valence-electron chi connectivity index (χ1n) is 7.67. The maximum Gasteiger partial charge on any atom is 0.173 e. The van der Waals surface area contributed by atoms with Crippen LogP contribution in [0.1, 0.15) is 61.0 Å². The monoisotopic (exact) mass is 316 g/mol. The fourth-order valence-corrected chi connectivity index (χ4v) is 3.19. The van der Waals surface area contributed by atoms with Crippen molar-refractivity contribution < 1.29 is 4.79 Å². The Morgan fingerprint density at radius 3 is 2.50 bits per heavy atom. The van der Waals surface area contributed by atoms with Gasteiger partial charge in [-0.2, -0.15) is 0 Å². The number of rotatable bonds is 6. The van der Waals surface area contributed by atoms with Gasteiger partial charge in [-0.15, -0.1) is 0 Å². The molecule has 0 amide bonds. The summed E-state index contributed by atoms with van der Waals surface area (Å²) in [4.78, 5) is 16.8. The summed E-state index contributed by atoms with van der Waals surface area (Å²) in [5.41, 5.74) is 3.29. The van der Waals surface area contributed by atoms with E-state index in [-0.39, 0.29) is 5.78 Å². The van der Waals surface area contributed by atoms with Crippen LogP contribution in [0.2, 0.25) is 0 Å². The Kier molecular flexibility index (Phi) is 5.46. The summed E-state index contributed by atoms with van der Waals surface area (Å²) in [6.45, 7) is 8.64. The van der Waals surface area contributed by atoms with E-state index in [4.69, 9.17) is 0 Å². The summed E-state index contributed by atoms with van der Waals surface area (Å²) in [5, 5.41) is 0.873. The second-order valence-corrected chi connectivity index (χ2v) is 7.13. The van der Waals surface area contributed by atoms with Gasteiger partial charge in [-0.05, 0) is 23.0 Å². The zero-order valence-corrected chi connectivity index (χ0v) is 14.8. The molecule has 22 heavy (non-hydrogen) atoms. The summed E-state index contributed by atoms with van der Waals surface area (Å²) in [5.74, 6) is 1.41. The number of hydrogen-bond acceptors (Lipinski definition) is 3. The number of carbonyl (C=O) groups is 1. The molecule has 0 atom stereocenters. The molecule has 0 fully saturated rings. The molecule has 1 aromatic heterocycles. The van der Waals surface area contributed by atoms with Crippen molar-refractivity contribution in [3.63, 3.8) is 0 Å². The van der Waals surface area contributed by atoms with Gasteiger partial charge < -0.3 is 4.57 Å². The maximum atomic E-state index is 12.6. The Morgan fingerprint density at radius 2 is 1.95 bits per heavy atom. The Labute approximate surface area is 137 Å². The second kappa shape index (κ2) is 7.14. The fourth-order valence-electron chi connectivity index (χ4n) is 2.37. The molecule has 0 radical (unpaired) electrons. The molecule has 2 rings (SSSR count). The first-order chi connectivity index (χ1) is 10.4. The molecule has 4 heteroatoms. The van der Waals surface area contributed by atoms with E-state index in [1.807, 2.05) is 23.9 Å². The molecule has 0 aliphatic rings. The number of benzene rings is 1. The molecule has 3 nitrogen and oxygen atoms in total. The predicted octanol–water partition coefficient (Wildman–Crippen LogP) is 4.64. The zero-order chi connectivity index (χ0) is 16.3. The Balaban J connectivity index is 2.20. The quantitative estimate of drug-likeness (QED) is 0.575. The smallest absolute Gasteiger partial charge is 0.173 e. The zero-order valence-electron chi connectivity index (χ0n) is 14.0. The molecule has 0 spiro atoms. The number of thioether (sulfide) groups is 1. The first kappa shape index (κ1) is 16.8. The number of aromatic nitrogens is 2. The van der Waals surface area contributed by atoms with E-state index in [1.54, 1.807) is 6.20 Å². The molecule has 118 valence electrons. The van der Waals surface area contributed by atoms with Crippen LogP contribution >= 0.6 is 11.8 Å². The normalized spacial score (nSPS) is 11.4. The van der Waals surface area contributed by atoms with E-state index in [1.165, 1.54) is 17.3 Å². The van der Waals surface area contributed by atoms with Crippen LogP contribution < -0.4 is 0 Å². The lowest BCUT2D eigenvalue weighted by Crippen LogP contribution is -2.09. The molecular formula is C18H24N2OS. The Bertz CT molecular complexity index is 659. The van der Waals surface area contributed by atoms with Crippen LogP contribution in [-0.2, 0) is 7.05 Å². The van der Waals surface area contributed by atoms with Gasteiger partial charge in [0, 0.05) is 25.0 Å². The van der Waals surface area contributed by atoms with Gasteiger partial charge in [-0.3, -0.25) is 4.79 Å². The van der Waals surface area contributed by atoms with E-state index in [0.29, 0.717) is 17.6 Å². The van der Waals surface area contributed by atoms with Gasteiger partial charge in [0.05, 0.1) is 5.75 Å². The van der Waals surface area contributed by atoms with Gasteiger partial charge in [-0.1, -0.05) is 57.7 Å². The van der Waals surface area contributed by atoms with E-state index >= 15 is 0 Å². The molecule has 0 aliphatic heterocycles. The van der Waals surface area contributed by atoms with Crippen molar-refractivity contribution in [2.45, 2.75) is 44.7 Å². The van der Waals surface area contributed by atoms with Crippen LogP contribution in [0.15, 0.2) is 35.7 Å². The third kappa shape index (κ3) is 3.80. The highest BCUT2D eigenvalue weighted by Crippen LogP contribution is 2.26. The maximum absolute atomic E-state index is 12.6. The summed E-state index contributed by atoms with van der Waals surface area (Å²) in [6.07, 6.45) is 3.65. The average molecular weight is 316 g/mol. The van der Waals surface area contributed by atoms with Gasteiger partial charge in [-0.25, -0.2) is 4.98 Å². The lowest BCUT2D eigenvalue weighted by molar-refractivity contribution is 0.102. The Hall–Kier alpha value is -1.55. The van der Waals surface area contributed by atoms with Gasteiger partial charge in [0.1, 0.15) is 0 Å². The minimum absolute atomic E-state index is 0.173. The van der Waals surface area contributed by atoms with Crippen LogP contribution in [0.3, 0.4) is 0 Å². The van der Waals surface area contributed by atoms with Crippen molar-refractivity contribution >= 4 is 17.5 Å². The van der Waals surface area contributed by atoms with Crippen molar-refractivity contribution in [3.8, 4) is 0 Å². The largest absolute Gasteiger partial charge is 0.329 e. The van der Waals surface area contributed by atoms with Crippen molar-refractivity contribution in [1.29, 1.82) is 0 Å². The SMILES string of the molecule is CC(C)c1ccc(C(=O)CSc2nccn2C)c(C(C)C)c1. The van der Waals surface area contributed by atoms with Crippen molar-refractivity contribution in [2.24, 2.45) is 7.05 Å². The topological polar surface area (TPSA) is 34.9 Å². The standard InChI is InChI=1S/C18H24N2OS/c1-12(2)14-6-7-15(16(10-14)13(3)4)17(21)11-22-18-19-8-9-20(18)5/h6-10,12-13H,11H2,1-5H3. The highest BCUT2D eigenvalue weighted by Gasteiger charge is 2.16. The minimum atomic E-state index is 0.173. The van der Waals surface area contributed by atoms with E-state index in [0.717, 1.165) is 16.3 Å². The lowest BCUT2D eigenvalue weighted by Gasteiger charge is -2.15. The Morgan fingerprint density at radius 1 is 1.23 bits per heavy atom. The average Bonchev–Trinajstić information content (AvgIpc) is 2.89. The second-order valence-electron chi connectivity index (χ2n) is 6.19. The number of imidazole rings is 1. The summed E-state index contributed by atoms with van der Waals surface area (Å²) < 4.78 is 1.93. The summed E-state index contributed by atoms with van der Waals surface area (Å²) >= 11 is 1.49. The number of hydrogen-bond donors (Lipinski definition) is 0. The number of ketones is 1. The lowest BCUT2D eigenvalue weighted by atomic mass is 9.90. The highest BCUT2D eigenvalue weighted by atomic mass is 32.2. The molecule has 0 saturated carbocycles. The van der Waals surface area contributed by atoms with Crippen LogP contribution in [-0.4, -0.2) is 21.1 Å². The van der Waals surface area contributed by atoms with Gasteiger partial charge >= 0.3 is 0 Å². The van der Waals surface area contributed by atoms with Crippen LogP contribution in [0, 0.1) is 0 Å². The fraction of sp³-hybridized carbons (Fsp3) is 0.444. The number of carbonyl (C=O) groups excluding carboxylic acids is 1. The number of aryl methyl sites for hydroxylation is 1. The van der Waals surface area contributed by atoms with Crippen LogP contribution in [0.25, 0.3) is 0 Å². The van der Waals surface area contributed by atoms with E-state index in [9.17, 15) is 4.79 Å². The van der Waals surface area contributed by atoms with Crippen molar-refractivity contribution in [1.82, 2.24) is 9.55 Å². The molecular weight excluding hydrogens is 292 g/mol. The molecule has 1 heterocycles. The third-order valence-electron chi connectivity index (χ3n) is 3.77. The minimum Gasteiger partial charge on any atom is -0.329 e. The van der Waals surface area contributed by atoms with Crippen molar-refractivity contribution in [2.75, 3.05) is 5.75 Å². The molecule has 0 aliphatic carbocycles. The number of Topliss-reactive ketones (excluding diaryl/α,β-unsaturated/α-hetero) is 1. The summed E-state index contributed by atoms with van der Waals surface area (Å²) in [6, 6.07) is 6.26. The molecule has 0 bridgehead atoms. The van der Waals surface area contributed by atoms with Crippen molar-refractivity contribution in [3.05, 3.63) is 47.3 Å². The molecule has 0 saturated heterocycles. The molecule has 1 aromatic carbocycles. The molecule has 2 aromatic rings. The van der Waals surface area contributed by atoms with E-state index < -0.39 is 0 Å². The molecule has 0 unspecified atom stereocenters. The van der Waals surface area contributed by atoms with Gasteiger partial charge in [0.25, 0.3) is 0 Å². The number of nitrogens with zero attached hydrogens (tertiary/aromatic N) is 2. The van der Waals surface area contributed by atoms with E-state index in [2.05, 4.69) is 44.8 Å².